The Morgan fingerprint density at radius 3 is 3.00 bits per heavy atom. The van der Waals surface area contributed by atoms with Gasteiger partial charge in [-0.2, -0.15) is 0 Å². The normalized spacial score (nSPS) is 10.9. The maximum Gasteiger partial charge on any atom is 0.345 e. The molecule has 0 saturated heterocycles. The summed E-state index contributed by atoms with van der Waals surface area (Å²) in [6.45, 7) is 0. The van der Waals surface area contributed by atoms with Crippen LogP contribution in [0, 0.1) is 0 Å². The Hall–Kier alpha value is -2.23. The number of H-pyrrole nitrogens is 1. The lowest BCUT2D eigenvalue weighted by molar-refractivity contribution is 1.12. The number of aromatic amines is 1. The fourth-order valence-electron chi connectivity index (χ4n) is 1.68. The average molecular weight is 197 g/mol. The maximum absolute atomic E-state index is 11.1. The first-order chi connectivity index (χ1) is 7.34. The van der Waals surface area contributed by atoms with E-state index in [1.165, 1.54) is 0 Å². The summed E-state index contributed by atoms with van der Waals surface area (Å²) >= 11 is 0. The Balaban J connectivity index is 2.63. The fourth-order valence-corrected chi connectivity index (χ4v) is 1.68. The van der Waals surface area contributed by atoms with E-state index in [2.05, 4.69) is 15.0 Å². The minimum absolute atomic E-state index is 0.334. The maximum atomic E-state index is 11.1. The van der Waals surface area contributed by atoms with Gasteiger partial charge in [-0.05, 0) is 24.3 Å². The Morgan fingerprint density at radius 1 is 1.13 bits per heavy atom. The summed E-state index contributed by atoms with van der Waals surface area (Å²) in [5.41, 5.74) is 1.33. The van der Waals surface area contributed by atoms with Crippen molar-refractivity contribution in [2.45, 2.75) is 0 Å². The van der Waals surface area contributed by atoms with Crippen LogP contribution >= 0.6 is 0 Å². The third kappa shape index (κ3) is 1.19. The Kier molecular flexibility index (Phi) is 1.56. The van der Waals surface area contributed by atoms with E-state index in [9.17, 15) is 4.79 Å². The molecule has 2 aromatic heterocycles. The van der Waals surface area contributed by atoms with Gasteiger partial charge < -0.3 is 4.98 Å². The monoisotopic (exact) mass is 197 g/mol. The number of benzene rings is 1. The molecular formula is C11H7N3O. The molecule has 0 saturated carbocycles. The van der Waals surface area contributed by atoms with Gasteiger partial charge >= 0.3 is 5.69 Å². The van der Waals surface area contributed by atoms with Crippen LogP contribution in [-0.2, 0) is 0 Å². The quantitative estimate of drug-likeness (QED) is 0.555. The third-order valence-electron chi connectivity index (χ3n) is 2.37. The van der Waals surface area contributed by atoms with E-state index < -0.39 is 0 Å². The highest BCUT2D eigenvalue weighted by molar-refractivity contribution is 6.02. The van der Waals surface area contributed by atoms with Gasteiger partial charge in [0.15, 0.2) is 0 Å². The lowest BCUT2D eigenvalue weighted by Crippen LogP contribution is -2.08. The van der Waals surface area contributed by atoms with Crippen molar-refractivity contribution < 1.29 is 0 Å². The summed E-state index contributed by atoms with van der Waals surface area (Å²) in [7, 11) is 0. The molecule has 72 valence electrons. The molecule has 3 rings (SSSR count). The van der Waals surface area contributed by atoms with Crippen LogP contribution in [0.2, 0.25) is 0 Å². The van der Waals surface area contributed by atoms with E-state index in [0.717, 1.165) is 21.8 Å². The highest BCUT2D eigenvalue weighted by Crippen LogP contribution is 2.19. The van der Waals surface area contributed by atoms with Gasteiger partial charge in [0.25, 0.3) is 0 Å². The standard InChI is InChI=1S/C11H7N3O/c15-11-13-6-7-3-4-9-8(10(7)14-11)2-1-5-12-9/h1-6H,(H,13,14,15). The summed E-state index contributed by atoms with van der Waals surface area (Å²) in [5, 5.41) is 1.85. The molecule has 3 aromatic rings. The highest BCUT2D eigenvalue weighted by atomic mass is 16.1. The molecule has 1 N–H and O–H groups in total. The van der Waals surface area contributed by atoms with Gasteiger partial charge in [-0.3, -0.25) is 4.98 Å². The minimum atomic E-state index is -0.334. The number of hydrogen-bond donors (Lipinski definition) is 1. The average Bonchev–Trinajstić information content (AvgIpc) is 2.29. The van der Waals surface area contributed by atoms with Gasteiger partial charge in [-0.15, -0.1) is 0 Å². The lowest BCUT2D eigenvalue weighted by atomic mass is 10.1. The molecule has 1 aromatic carbocycles. The van der Waals surface area contributed by atoms with E-state index in [1.54, 1.807) is 12.4 Å². The van der Waals surface area contributed by atoms with Gasteiger partial charge in [0.05, 0.1) is 11.0 Å². The molecule has 0 aliphatic rings. The number of fused-ring (bicyclic) bond motifs is 3. The van der Waals surface area contributed by atoms with Gasteiger partial charge in [0, 0.05) is 23.2 Å². The predicted molar refractivity (Wildman–Crippen MR) is 57.7 cm³/mol. The second kappa shape index (κ2) is 2.88. The van der Waals surface area contributed by atoms with Crippen molar-refractivity contribution in [1.29, 1.82) is 0 Å². The third-order valence-corrected chi connectivity index (χ3v) is 2.37. The Morgan fingerprint density at radius 2 is 2.07 bits per heavy atom. The molecule has 0 atom stereocenters. The molecular weight excluding hydrogens is 190 g/mol. The molecule has 0 radical (unpaired) electrons. The number of hydrogen-bond acceptors (Lipinski definition) is 3. The first-order valence-corrected chi connectivity index (χ1v) is 4.57. The largest absolute Gasteiger partial charge is 0.345 e. The van der Waals surface area contributed by atoms with E-state index in [0.29, 0.717) is 0 Å². The number of nitrogens with zero attached hydrogens (tertiary/aromatic N) is 2. The van der Waals surface area contributed by atoms with E-state index in [4.69, 9.17) is 0 Å². The van der Waals surface area contributed by atoms with Crippen molar-refractivity contribution in [1.82, 2.24) is 15.0 Å². The van der Waals surface area contributed by atoms with Crippen molar-refractivity contribution in [2.75, 3.05) is 0 Å². The first-order valence-electron chi connectivity index (χ1n) is 4.57. The summed E-state index contributed by atoms with van der Waals surface area (Å²) < 4.78 is 0. The number of rotatable bonds is 0. The second-order valence-electron chi connectivity index (χ2n) is 3.29. The summed E-state index contributed by atoms with van der Waals surface area (Å²) in [6.07, 6.45) is 3.30. The first kappa shape index (κ1) is 8.11. The minimum Gasteiger partial charge on any atom is -0.305 e. The van der Waals surface area contributed by atoms with Crippen LogP contribution in [0.4, 0.5) is 0 Å². The molecule has 0 fully saturated rings. The SMILES string of the molecule is O=c1ncc2ccc3ncccc3c2[nH]1. The molecule has 0 unspecified atom stereocenters. The Labute approximate surface area is 84.6 Å². The number of pyridine rings is 1. The second-order valence-corrected chi connectivity index (χ2v) is 3.29. The zero-order valence-corrected chi connectivity index (χ0v) is 7.77. The summed E-state index contributed by atoms with van der Waals surface area (Å²) in [6, 6.07) is 7.59. The van der Waals surface area contributed by atoms with Crippen LogP contribution in [0.3, 0.4) is 0 Å². The molecule has 0 amide bonds. The van der Waals surface area contributed by atoms with E-state index >= 15 is 0 Å². The molecule has 0 aliphatic carbocycles. The Bertz CT molecular complexity index is 703. The number of aromatic nitrogens is 3. The zero-order valence-electron chi connectivity index (χ0n) is 7.77. The molecule has 2 heterocycles. The zero-order chi connectivity index (χ0) is 10.3. The van der Waals surface area contributed by atoms with Crippen molar-refractivity contribution in [3.63, 3.8) is 0 Å². The van der Waals surface area contributed by atoms with Gasteiger partial charge in [-0.25, -0.2) is 9.78 Å². The van der Waals surface area contributed by atoms with Crippen LogP contribution in [0.15, 0.2) is 41.5 Å². The topological polar surface area (TPSA) is 58.6 Å². The van der Waals surface area contributed by atoms with Gasteiger partial charge in [-0.1, -0.05) is 0 Å². The van der Waals surface area contributed by atoms with Crippen molar-refractivity contribution in [3.05, 3.63) is 47.1 Å². The van der Waals surface area contributed by atoms with Crippen LogP contribution < -0.4 is 5.69 Å². The molecule has 4 nitrogen and oxygen atoms in total. The van der Waals surface area contributed by atoms with E-state index in [1.807, 2.05) is 24.3 Å². The van der Waals surface area contributed by atoms with Crippen molar-refractivity contribution >= 4 is 21.8 Å². The van der Waals surface area contributed by atoms with Crippen LogP contribution in [0.25, 0.3) is 21.8 Å². The molecule has 15 heavy (non-hydrogen) atoms. The fraction of sp³-hybridized carbons (Fsp3) is 0. The lowest BCUT2D eigenvalue weighted by Gasteiger charge is -2.00. The molecule has 0 spiro atoms. The molecule has 0 bridgehead atoms. The van der Waals surface area contributed by atoms with Crippen LogP contribution in [0.5, 0.6) is 0 Å². The predicted octanol–water partition coefficient (Wildman–Crippen LogP) is 1.47. The number of nitrogens with one attached hydrogen (secondary N) is 1. The van der Waals surface area contributed by atoms with Gasteiger partial charge in [0.1, 0.15) is 0 Å². The van der Waals surface area contributed by atoms with Crippen LogP contribution in [0.1, 0.15) is 0 Å². The smallest absolute Gasteiger partial charge is 0.305 e. The van der Waals surface area contributed by atoms with E-state index in [-0.39, 0.29) is 5.69 Å². The molecule has 0 aliphatic heterocycles. The highest BCUT2D eigenvalue weighted by Gasteiger charge is 2.01. The summed E-state index contributed by atoms with van der Waals surface area (Å²) in [5.74, 6) is 0. The van der Waals surface area contributed by atoms with Gasteiger partial charge in [0.2, 0.25) is 0 Å². The summed E-state index contributed by atoms with van der Waals surface area (Å²) in [4.78, 5) is 21.8. The van der Waals surface area contributed by atoms with Crippen LogP contribution in [-0.4, -0.2) is 15.0 Å². The van der Waals surface area contributed by atoms with Crippen molar-refractivity contribution in [3.8, 4) is 0 Å². The van der Waals surface area contributed by atoms with Crippen molar-refractivity contribution in [2.24, 2.45) is 0 Å². The molecule has 4 heteroatoms.